The quantitative estimate of drug-likeness (QED) is 0.197. The van der Waals surface area contributed by atoms with Gasteiger partial charge in [-0.3, -0.25) is 4.79 Å². The molecular weight excluding hydrogens is 451 g/mol. The van der Waals surface area contributed by atoms with E-state index in [0.717, 1.165) is 33.1 Å². The third-order valence-electron chi connectivity index (χ3n) is 4.62. The number of hydrazone groups is 1. The number of rotatable bonds is 6. The van der Waals surface area contributed by atoms with Crippen LogP contribution in [0.4, 0.5) is 0 Å². The van der Waals surface area contributed by atoms with Crippen LogP contribution in [0.25, 0.3) is 11.0 Å². The van der Waals surface area contributed by atoms with E-state index in [-0.39, 0.29) is 5.91 Å². The lowest BCUT2D eigenvalue weighted by Gasteiger charge is -2.05. The van der Waals surface area contributed by atoms with Crippen molar-refractivity contribution in [2.24, 2.45) is 5.10 Å². The van der Waals surface area contributed by atoms with Gasteiger partial charge >= 0.3 is 0 Å². The van der Waals surface area contributed by atoms with Crippen molar-refractivity contribution in [3.05, 3.63) is 93.5 Å². The summed E-state index contributed by atoms with van der Waals surface area (Å²) >= 11 is 13.6. The van der Waals surface area contributed by atoms with E-state index in [9.17, 15) is 4.79 Å². The number of halogens is 2. The highest BCUT2D eigenvalue weighted by Gasteiger charge is 2.08. The first kappa shape index (κ1) is 21.4. The Kier molecular flexibility index (Phi) is 6.61. The highest BCUT2D eigenvalue weighted by atomic mass is 35.5. The first-order chi connectivity index (χ1) is 15.0. The molecule has 5 nitrogen and oxygen atoms in total. The van der Waals surface area contributed by atoms with Gasteiger partial charge in [-0.2, -0.15) is 5.10 Å². The van der Waals surface area contributed by atoms with Gasteiger partial charge < -0.3 is 4.98 Å². The van der Waals surface area contributed by atoms with Gasteiger partial charge in [0, 0.05) is 11.3 Å². The van der Waals surface area contributed by atoms with Gasteiger partial charge in [-0.25, -0.2) is 10.4 Å². The Morgan fingerprint density at radius 3 is 2.52 bits per heavy atom. The molecule has 2 N–H and O–H groups in total. The Hall–Kier alpha value is -2.80. The van der Waals surface area contributed by atoms with Gasteiger partial charge in [-0.15, -0.1) is 0 Å². The number of hydrogen-bond donors (Lipinski definition) is 2. The number of imidazole rings is 1. The molecule has 0 aliphatic carbocycles. The number of nitrogens with zero attached hydrogens (tertiary/aromatic N) is 2. The van der Waals surface area contributed by atoms with Crippen molar-refractivity contribution in [2.75, 3.05) is 0 Å². The molecule has 0 bridgehead atoms. The molecule has 0 saturated heterocycles. The van der Waals surface area contributed by atoms with Gasteiger partial charge in [0.05, 0.1) is 26.8 Å². The van der Waals surface area contributed by atoms with Gasteiger partial charge in [-0.05, 0) is 54.4 Å². The SMILES string of the molecule is CC(=NNC(=O)c1ccc(CSc2nc3ccccc3[nH]2)cc1)c1ccc(Cl)c(Cl)c1. The number of fused-ring (bicyclic) bond motifs is 1. The molecule has 0 aliphatic rings. The fraction of sp³-hybridized carbons (Fsp3) is 0.0870. The molecule has 8 heteroatoms. The zero-order valence-electron chi connectivity index (χ0n) is 16.5. The molecule has 1 amide bonds. The predicted octanol–water partition coefficient (Wildman–Crippen LogP) is 6.32. The topological polar surface area (TPSA) is 70.1 Å². The number of nitrogens with one attached hydrogen (secondary N) is 2. The molecule has 0 fully saturated rings. The predicted molar refractivity (Wildman–Crippen MR) is 128 cm³/mol. The number of carbonyl (C=O) groups excluding carboxylic acids is 1. The summed E-state index contributed by atoms with van der Waals surface area (Å²) < 4.78 is 0. The standard InChI is InChI=1S/C23H18Cl2N4OS/c1-14(17-10-11-18(24)19(25)12-17)28-29-22(30)16-8-6-15(7-9-16)13-31-23-26-20-4-2-3-5-21(20)27-23/h2-12H,13H2,1H3,(H,26,27)(H,29,30). The minimum atomic E-state index is -0.282. The molecule has 0 aliphatic heterocycles. The molecule has 1 aromatic heterocycles. The molecule has 0 atom stereocenters. The van der Waals surface area contributed by atoms with E-state index in [0.29, 0.717) is 21.3 Å². The lowest BCUT2D eigenvalue weighted by Crippen LogP contribution is -2.19. The average molecular weight is 469 g/mol. The number of hydrogen-bond acceptors (Lipinski definition) is 4. The number of carbonyl (C=O) groups is 1. The maximum atomic E-state index is 12.4. The third kappa shape index (κ3) is 5.28. The Bertz CT molecular complexity index is 1240. The summed E-state index contributed by atoms with van der Waals surface area (Å²) in [5, 5.41) is 5.94. The lowest BCUT2D eigenvalue weighted by atomic mass is 10.1. The molecule has 4 rings (SSSR count). The van der Waals surface area contributed by atoms with Crippen molar-refractivity contribution in [3.8, 4) is 0 Å². The van der Waals surface area contributed by atoms with Gasteiger partial charge in [-0.1, -0.05) is 65.3 Å². The summed E-state index contributed by atoms with van der Waals surface area (Å²) in [6.07, 6.45) is 0. The zero-order chi connectivity index (χ0) is 21.8. The number of aromatic nitrogens is 2. The highest BCUT2D eigenvalue weighted by Crippen LogP contribution is 2.24. The largest absolute Gasteiger partial charge is 0.333 e. The molecule has 1 heterocycles. The van der Waals surface area contributed by atoms with Crippen LogP contribution < -0.4 is 5.43 Å². The van der Waals surface area contributed by atoms with Crippen LogP contribution in [0, 0.1) is 0 Å². The Balaban J connectivity index is 1.35. The van der Waals surface area contributed by atoms with Crippen LogP contribution in [-0.4, -0.2) is 21.6 Å². The van der Waals surface area contributed by atoms with Crippen LogP contribution in [-0.2, 0) is 5.75 Å². The summed E-state index contributed by atoms with van der Waals surface area (Å²) in [6, 6.07) is 20.6. The lowest BCUT2D eigenvalue weighted by molar-refractivity contribution is 0.0955. The van der Waals surface area contributed by atoms with Crippen LogP contribution >= 0.6 is 35.0 Å². The third-order valence-corrected chi connectivity index (χ3v) is 6.31. The van der Waals surface area contributed by atoms with Crippen molar-refractivity contribution in [2.45, 2.75) is 17.8 Å². The first-order valence-electron chi connectivity index (χ1n) is 9.46. The van der Waals surface area contributed by atoms with Crippen LogP contribution in [0.1, 0.15) is 28.4 Å². The van der Waals surface area contributed by atoms with E-state index < -0.39 is 0 Å². The normalized spacial score (nSPS) is 11.6. The summed E-state index contributed by atoms with van der Waals surface area (Å²) in [7, 11) is 0. The summed E-state index contributed by atoms with van der Waals surface area (Å²) in [4.78, 5) is 20.3. The van der Waals surface area contributed by atoms with Crippen LogP contribution in [0.5, 0.6) is 0 Å². The molecule has 31 heavy (non-hydrogen) atoms. The maximum Gasteiger partial charge on any atom is 0.271 e. The van der Waals surface area contributed by atoms with Crippen LogP contribution in [0.15, 0.2) is 77.0 Å². The van der Waals surface area contributed by atoms with Gasteiger partial charge in [0.1, 0.15) is 0 Å². The Morgan fingerprint density at radius 2 is 1.77 bits per heavy atom. The van der Waals surface area contributed by atoms with Gasteiger partial charge in [0.25, 0.3) is 5.91 Å². The number of H-pyrrole nitrogens is 1. The number of aromatic amines is 1. The first-order valence-corrected chi connectivity index (χ1v) is 11.2. The summed E-state index contributed by atoms with van der Waals surface area (Å²) in [6.45, 7) is 1.79. The smallest absolute Gasteiger partial charge is 0.271 e. The highest BCUT2D eigenvalue weighted by molar-refractivity contribution is 7.98. The van der Waals surface area contributed by atoms with Crippen LogP contribution in [0.3, 0.4) is 0 Å². The number of amides is 1. The molecule has 3 aromatic carbocycles. The Labute approximate surface area is 193 Å². The fourth-order valence-corrected chi connectivity index (χ4v) is 4.03. The average Bonchev–Trinajstić information content (AvgIpc) is 3.21. The van der Waals surface area contributed by atoms with E-state index >= 15 is 0 Å². The van der Waals surface area contributed by atoms with Gasteiger partial charge in [0.15, 0.2) is 5.16 Å². The second kappa shape index (κ2) is 9.56. The molecule has 0 unspecified atom stereocenters. The summed E-state index contributed by atoms with van der Waals surface area (Å²) in [5.41, 5.74) is 7.59. The van der Waals surface area contributed by atoms with E-state index in [4.69, 9.17) is 23.2 Å². The van der Waals surface area contributed by atoms with E-state index in [1.54, 1.807) is 49.0 Å². The molecule has 156 valence electrons. The molecule has 0 saturated carbocycles. The van der Waals surface area contributed by atoms with Crippen molar-refractivity contribution in [1.29, 1.82) is 0 Å². The van der Waals surface area contributed by atoms with E-state index in [1.165, 1.54) is 0 Å². The monoisotopic (exact) mass is 468 g/mol. The van der Waals surface area contributed by atoms with Gasteiger partial charge in [0.2, 0.25) is 0 Å². The van der Waals surface area contributed by atoms with Crippen molar-refractivity contribution < 1.29 is 4.79 Å². The van der Waals surface area contributed by atoms with Crippen molar-refractivity contribution in [3.63, 3.8) is 0 Å². The Morgan fingerprint density at radius 1 is 1.03 bits per heavy atom. The van der Waals surface area contributed by atoms with Crippen molar-refractivity contribution >= 4 is 57.6 Å². The number of thioether (sulfide) groups is 1. The molecular formula is C23H18Cl2N4OS. The number of benzene rings is 3. The minimum Gasteiger partial charge on any atom is -0.333 e. The van der Waals surface area contributed by atoms with Crippen LogP contribution in [0.2, 0.25) is 10.0 Å². The second-order valence-electron chi connectivity index (χ2n) is 6.81. The number of para-hydroxylation sites is 2. The van der Waals surface area contributed by atoms with Crippen molar-refractivity contribution in [1.82, 2.24) is 15.4 Å². The summed E-state index contributed by atoms with van der Waals surface area (Å²) in [5.74, 6) is 0.465. The second-order valence-corrected chi connectivity index (χ2v) is 8.59. The maximum absolute atomic E-state index is 12.4. The molecule has 0 radical (unpaired) electrons. The molecule has 0 spiro atoms. The minimum absolute atomic E-state index is 0.282. The zero-order valence-corrected chi connectivity index (χ0v) is 18.9. The fourth-order valence-electron chi connectivity index (χ4n) is 2.89. The molecule has 4 aromatic rings. The van der Waals surface area contributed by atoms with E-state index in [1.807, 2.05) is 36.4 Å². The van der Waals surface area contributed by atoms with E-state index in [2.05, 4.69) is 20.5 Å².